The van der Waals surface area contributed by atoms with Crippen molar-refractivity contribution < 1.29 is 13.6 Å². The molecule has 3 nitrogen and oxygen atoms in total. The van der Waals surface area contributed by atoms with Crippen LogP contribution in [0.2, 0.25) is 0 Å². The molecule has 1 aliphatic carbocycles. The van der Waals surface area contributed by atoms with Crippen LogP contribution in [-0.4, -0.2) is 30.5 Å². The average molecular weight is 218 g/mol. The fraction of sp³-hybridized carbons (Fsp3) is 0.900. The first-order valence-electron chi connectivity index (χ1n) is 5.38. The summed E-state index contributed by atoms with van der Waals surface area (Å²) >= 11 is 0. The van der Waals surface area contributed by atoms with Crippen molar-refractivity contribution in [3.8, 4) is 0 Å². The van der Waals surface area contributed by atoms with E-state index in [0.717, 1.165) is 12.8 Å². The Kier molecular flexibility index (Phi) is 2.66. The van der Waals surface area contributed by atoms with Crippen molar-refractivity contribution >= 4 is 5.91 Å². The van der Waals surface area contributed by atoms with Crippen molar-refractivity contribution in [1.29, 1.82) is 0 Å². The van der Waals surface area contributed by atoms with Crippen molar-refractivity contribution in [3.05, 3.63) is 0 Å². The van der Waals surface area contributed by atoms with E-state index in [-0.39, 0.29) is 24.9 Å². The van der Waals surface area contributed by atoms with Gasteiger partial charge in [-0.05, 0) is 18.8 Å². The Morgan fingerprint density at radius 3 is 2.60 bits per heavy atom. The third kappa shape index (κ3) is 2.45. The van der Waals surface area contributed by atoms with Crippen LogP contribution in [0.15, 0.2) is 0 Å². The predicted octanol–water partition coefficient (Wildman–Crippen LogP) is 0.898. The van der Waals surface area contributed by atoms with Gasteiger partial charge in [-0.3, -0.25) is 10.1 Å². The monoisotopic (exact) mass is 218 g/mol. The standard InChI is InChI=1S/C10H16F2N2O/c1-6-2-7(3-6)14-9(15)8-4-10(11,12)5-13-8/h6-8,13H,2-5H2,1H3,(H,14,15). The Morgan fingerprint density at radius 2 is 2.13 bits per heavy atom. The summed E-state index contributed by atoms with van der Waals surface area (Å²) < 4.78 is 25.6. The Morgan fingerprint density at radius 1 is 1.47 bits per heavy atom. The molecule has 1 unspecified atom stereocenters. The van der Waals surface area contributed by atoms with Gasteiger partial charge in [-0.25, -0.2) is 8.78 Å². The van der Waals surface area contributed by atoms with E-state index >= 15 is 0 Å². The quantitative estimate of drug-likeness (QED) is 0.723. The molecular formula is C10H16F2N2O. The molecule has 2 aliphatic rings. The Balaban J connectivity index is 1.77. The maximum absolute atomic E-state index is 12.8. The van der Waals surface area contributed by atoms with Crippen LogP contribution in [-0.2, 0) is 4.79 Å². The van der Waals surface area contributed by atoms with E-state index in [2.05, 4.69) is 17.6 Å². The van der Waals surface area contributed by atoms with Crippen LogP contribution < -0.4 is 10.6 Å². The van der Waals surface area contributed by atoms with Crippen LogP contribution in [0.5, 0.6) is 0 Å². The van der Waals surface area contributed by atoms with Crippen LogP contribution in [0.4, 0.5) is 8.78 Å². The molecule has 1 aliphatic heterocycles. The minimum Gasteiger partial charge on any atom is -0.352 e. The van der Waals surface area contributed by atoms with E-state index in [1.165, 1.54) is 0 Å². The van der Waals surface area contributed by atoms with Gasteiger partial charge in [0.25, 0.3) is 5.92 Å². The summed E-state index contributed by atoms with van der Waals surface area (Å²) in [6.45, 7) is 1.73. The minimum atomic E-state index is -2.73. The van der Waals surface area contributed by atoms with Crippen LogP contribution in [0.25, 0.3) is 0 Å². The van der Waals surface area contributed by atoms with Gasteiger partial charge in [0.1, 0.15) is 0 Å². The molecule has 1 saturated carbocycles. The summed E-state index contributed by atoms with van der Waals surface area (Å²) in [4.78, 5) is 11.5. The molecule has 0 radical (unpaired) electrons. The number of carbonyl (C=O) groups is 1. The summed E-state index contributed by atoms with van der Waals surface area (Å²) in [5.74, 6) is -2.35. The molecule has 86 valence electrons. The van der Waals surface area contributed by atoms with Crippen LogP contribution in [0.1, 0.15) is 26.2 Å². The molecule has 15 heavy (non-hydrogen) atoms. The number of hydrogen-bond donors (Lipinski definition) is 2. The average Bonchev–Trinajstić information content (AvgIpc) is 2.43. The molecule has 2 rings (SSSR count). The molecular weight excluding hydrogens is 202 g/mol. The van der Waals surface area contributed by atoms with Crippen LogP contribution in [0.3, 0.4) is 0 Å². The minimum absolute atomic E-state index is 0.198. The van der Waals surface area contributed by atoms with Gasteiger partial charge < -0.3 is 5.32 Å². The maximum atomic E-state index is 12.8. The second-order valence-electron chi connectivity index (χ2n) is 4.78. The molecule has 5 heteroatoms. The zero-order chi connectivity index (χ0) is 11.1. The fourth-order valence-corrected chi connectivity index (χ4v) is 2.22. The molecule has 1 saturated heterocycles. The lowest BCUT2D eigenvalue weighted by Gasteiger charge is -2.33. The highest BCUT2D eigenvalue weighted by Gasteiger charge is 2.43. The van der Waals surface area contributed by atoms with Crippen molar-refractivity contribution in [3.63, 3.8) is 0 Å². The molecule has 1 heterocycles. The van der Waals surface area contributed by atoms with Gasteiger partial charge >= 0.3 is 0 Å². The van der Waals surface area contributed by atoms with E-state index in [1.807, 2.05) is 0 Å². The van der Waals surface area contributed by atoms with E-state index in [9.17, 15) is 13.6 Å². The van der Waals surface area contributed by atoms with Crippen molar-refractivity contribution in [2.45, 2.75) is 44.2 Å². The van der Waals surface area contributed by atoms with Crippen molar-refractivity contribution in [1.82, 2.24) is 10.6 Å². The van der Waals surface area contributed by atoms with Gasteiger partial charge in [0, 0.05) is 12.5 Å². The molecule has 0 aromatic carbocycles. The highest BCUT2D eigenvalue weighted by Crippen LogP contribution is 2.28. The third-order valence-corrected chi connectivity index (χ3v) is 3.15. The first kappa shape index (κ1) is 10.8. The maximum Gasteiger partial charge on any atom is 0.262 e. The lowest BCUT2D eigenvalue weighted by molar-refractivity contribution is -0.124. The second kappa shape index (κ2) is 3.70. The normalized spacial score (nSPS) is 38.5. The summed E-state index contributed by atoms with van der Waals surface area (Å²) in [6.07, 6.45) is 1.56. The van der Waals surface area contributed by atoms with Gasteiger partial charge in [0.2, 0.25) is 5.91 Å². The molecule has 2 fully saturated rings. The van der Waals surface area contributed by atoms with E-state index in [4.69, 9.17) is 0 Å². The summed E-state index contributed by atoms with van der Waals surface area (Å²) in [5, 5.41) is 5.34. The number of nitrogens with one attached hydrogen (secondary N) is 2. The lowest BCUT2D eigenvalue weighted by atomic mass is 9.82. The lowest BCUT2D eigenvalue weighted by Crippen LogP contribution is -2.49. The zero-order valence-electron chi connectivity index (χ0n) is 8.72. The SMILES string of the molecule is CC1CC(NC(=O)C2CC(F)(F)CN2)C1. The Labute approximate surface area is 87.6 Å². The van der Waals surface area contributed by atoms with Gasteiger partial charge in [-0.2, -0.15) is 0 Å². The number of halogens is 2. The first-order valence-corrected chi connectivity index (χ1v) is 5.38. The number of rotatable bonds is 2. The van der Waals surface area contributed by atoms with E-state index in [0.29, 0.717) is 5.92 Å². The topological polar surface area (TPSA) is 41.1 Å². The fourth-order valence-electron chi connectivity index (χ4n) is 2.22. The van der Waals surface area contributed by atoms with Crippen molar-refractivity contribution in [2.24, 2.45) is 5.92 Å². The summed E-state index contributed by atoms with van der Waals surface area (Å²) in [5.41, 5.74) is 0. The molecule has 0 spiro atoms. The molecule has 1 atom stereocenters. The number of carbonyl (C=O) groups excluding carboxylic acids is 1. The highest BCUT2D eigenvalue weighted by molar-refractivity contribution is 5.82. The molecule has 0 aromatic rings. The zero-order valence-corrected chi connectivity index (χ0v) is 8.72. The van der Waals surface area contributed by atoms with Gasteiger partial charge in [0.05, 0.1) is 12.6 Å². The number of alkyl halides is 2. The summed E-state index contributed by atoms with van der Waals surface area (Å²) in [6, 6.07) is -0.514. The Hall–Kier alpha value is -0.710. The Bertz CT molecular complexity index is 264. The van der Waals surface area contributed by atoms with Gasteiger partial charge in [-0.1, -0.05) is 6.92 Å². The molecule has 0 bridgehead atoms. The first-order chi connectivity index (χ1) is 6.96. The van der Waals surface area contributed by atoms with Gasteiger partial charge in [-0.15, -0.1) is 0 Å². The largest absolute Gasteiger partial charge is 0.352 e. The predicted molar refractivity (Wildman–Crippen MR) is 51.7 cm³/mol. The van der Waals surface area contributed by atoms with Crippen LogP contribution >= 0.6 is 0 Å². The number of hydrogen-bond acceptors (Lipinski definition) is 2. The van der Waals surface area contributed by atoms with Crippen molar-refractivity contribution in [2.75, 3.05) is 6.54 Å². The highest BCUT2D eigenvalue weighted by atomic mass is 19.3. The van der Waals surface area contributed by atoms with E-state index < -0.39 is 12.0 Å². The molecule has 2 N–H and O–H groups in total. The smallest absolute Gasteiger partial charge is 0.262 e. The number of amides is 1. The summed E-state index contributed by atoms with van der Waals surface area (Å²) in [7, 11) is 0. The van der Waals surface area contributed by atoms with E-state index in [1.54, 1.807) is 0 Å². The van der Waals surface area contributed by atoms with Crippen LogP contribution in [0, 0.1) is 5.92 Å². The second-order valence-corrected chi connectivity index (χ2v) is 4.78. The molecule has 0 aromatic heterocycles. The van der Waals surface area contributed by atoms with Gasteiger partial charge in [0.15, 0.2) is 0 Å². The molecule has 1 amide bonds. The third-order valence-electron chi connectivity index (χ3n) is 3.15.